The maximum absolute atomic E-state index is 5.32. The van der Waals surface area contributed by atoms with Crippen LogP contribution in [0.3, 0.4) is 0 Å². The van der Waals surface area contributed by atoms with E-state index in [2.05, 4.69) is 146 Å². The molecule has 0 aliphatic carbocycles. The second kappa shape index (κ2) is 9.74. The summed E-state index contributed by atoms with van der Waals surface area (Å²) >= 11 is 0.175. The molecule has 9 rings (SSSR count). The van der Waals surface area contributed by atoms with E-state index in [1.807, 2.05) is 0 Å². The van der Waals surface area contributed by atoms with Crippen molar-refractivity contribution in [3.63, 3.8) is 0 Å². The molecule has 2 aromatic heterocycles. The fraction of sp³-hybridized carbons (Fsp3) is 0. The van der Waals surface area contributed by atoms with E-state index in [-0.39, 0.29) is 14.5 Å². The zero-order valence-corrected chi connectivity index (χ0v) is 24.9. The molecule has 0 fully saturated rings. The molecular weight excluding hydrogens is 587 g/mol. The van der Waals surface area contributed by atoms with E-state index in [0.29, 0.717) is 0 Å². The summed E-state index contributed by atoms with van der Waals surface area (Å²) in [6, 6.07) is 52.2. The second-order valence-electron chi connectivity index (χ2n) is 11.0. The van der Waals surface area contributed by atoms with Gasteiger partial charge in [-0.1, -0.05) is 0 Å². The van der Waals surface area contributed by atoms with E-state index in [9.17, 15) is 0 Å². The van der Waals surface area contributed by atoms with Crippen molar-refractivity contribution in [3.8, 4) is 33.8 Å². The Morgan fingerprint density at radius 2 is 1.16 bits per heavy atom. The van der Waals surface area contributed by atoms with Crippen LogP contribution in [0.15, 0.2) is 146 Å². The fourth-order valence-corrected chi connectivity index (χ4v) is 9.07. The molecule has 2 heterocycles. The predicted molar refractivity (Wildman–Crippen MR) is 183 cm³/mol. The van der Waals surface area contributed by atoms with Crippen molar-refractivity contribution in [3.05, 3.63) is 146 Å². The van der Waals surface area contributed by atoms with Gasteiger partial charge in [0.15, 0.2) is 0 Å². The van der Waals surface area contributed by atoms with E-state index < -0.39 is 0 Å². The molecule has 200 valence electrons. The summed E-state index contributed by atoms with van der Waals surface area (Å²) in [6.07, 6.45) is 0. The number of hydrogen-bond acceptors (Lipinski definition) is 2. The Morgan fingerprint density at radius 3 is 2.07 bits per heavy atom. The number of nitrogens with zero attached hydrogens (tertiary/aromatic N) is 2. The maximum atomic E-state index is 5.32. The topological polar surface area (TPSA) is 25.8 Å². The third kappa shape index (κ3) is 3.94. The number of hydrogen-bond donors (Lipinski definition) is 0. The van der Waals surface area contributed by atoms with Crippen LogP contribution >= 0.6 is 0 Å². The monoisotopic (exact) mass is 612 g/mol. The number of benzene rings is 7. The van der Waals surface area contributed by atoms with Crippen LogP contribution in [0.5, 0.6) is 0 Å². The first-order valence-corrected chi connectivity index (χ1v) is 16.2. The first-order valence-electron chi connectivity index (χ1n) is 14.5. The van der Waals surface area contributed by atoms with E-state index in [4.69, 9.17) is 9.97 Å². The summed E-state index contributed by atoms with van der Waals surface area (Å²) in [7, 11) is 0. The van der Waals surface area contributed by atoms with Gasteiger partial charge in [0.25, 0.3) is 0 Å². The van der Waals surface area contributed by atoms with E-state index >= 15 is 0 Å². The van der Waals surface area contributed by atoms with Gasteiger partial charge >= 0.3 is 256 Å². The molecule has 0 aliphatic rings. The van der Waals surface area contributed by atoms with Crippen LogP contribution in [0.2, 0.25) is 0 Å². The summed E-state index contributed by atoms with van der Waals surface area (Å²) in [6.45, 7) is 0. The average molecular weight is 612 g/mol. The van der Waals surface area contributed by atoms with E-state index in [1.165, 1.54) is 46.6 Å². The Kier molecular flexibility index (Phi) is 5.55. The van der Waals surface area contributed by atoms with Gasteiger partial charge in [0.1, 0.15) is 0 Å². The molecule has 3 heteroatoms. The molecule has 9 aromatic rings. The number of rotatable bonds is 3. The molecule has 43 heavy (non-hydrogen) atoms. The molecule has 0 radical (unpaired) electrons. The third-order valence-corrected chi connectivity index (χ3v) is 11.0. The Hall–Kier alpha value is -5.08. The van der Waals surface area contributed by atoms with Crippen LogP contribution in [-0.4, -0.2) is 24.5 Å². The predicted octanol–water partition coefficient (Wildman–Crippen LogP) is 10.3. The van der Waals surface area contributed by atoms with Crippen LogP contribution in [-0.2, 0) is 0 Å². The summed E-state index contributed by atoms with van der Waals surface area (Å²) in [5, 5.41) is 8.53. The molecule has 2 nitrogen and oxygen atoms in total. The van der Waals surface area contributed by atoms with Crippen LogP contribution < -0.4 is 0 Å². The van der Waals surface area contributed by atoms with Gasteiger partial charge in [-0.2, -0.15) is 0 Å². The number of aromatic nitrogens is 2. The molecule has 0 spiro atoms. The van der Waals surface area contributed by atoms with Crippen LogP contribution in [0.4, 0.5) is 0 Å². The Labute approximate surface area is 254 Å². The van der Waals surface area contributed by atoms with Crippen molar-refractivity contribution in [1.82, 2.24) is 9.97 Å². The SMILES string of the molecule is c1ccc(-c2nc(-c3cccc4[se]c5c(-c6ccc7ccccc7c6)cccc5c34)nc3c2ccc2ccccc23)cc1. The summed E-state index contributed by atoms with van der Waals surface area (Å²) in [4.78, 5) is 10.6. The van der Waals surface area contributed by atoms with E-state index in [0.717, 1.165) is 38.9 Å². The molecule has 7 aromatic carbocycles. The van der Waals surface area contributed by atoms with Crippen LogP contribution in [0, 0.1) is 0 Å². The molecule has 0 saturated carbocycles. The van der Waals surface area contributed by atoms with Crippen molar-refractivity contribution < 1.29 is 0 Å². The third-order valence-electron chi connectivity index (χ3n) is 8.46. The van der Waals surface area contributed by atoms with Crippen molar-refractivity contribution >= 4 is 66.2 Å². The van der Waals surface area contributed by atoms with Gasteiger partial charge in [0.2, 0.25) is 0 Å². The van der Waals surface area contributed by atoms with Gasteiger partial charge in [-0.05, 0) is 0 Å². The summed E-state index contributed by atoms with van der Waals surface area (Å²) in [5.74, 6) is 0.777. The van der Waals surface area contributed by atoms with Crippen LogP contribution in [0.1, 0.15) is 0 Å². The van der Waals surface area contributed by atoms with E-state index in [1.54, 1.807) is 0 Å². The van der Waals surface area contributed by atoms with Crippen molar-refractivity contribution in [2.75, 3.05) is 0 Å². The van der Waals surface area contributed by atoms with Crippen molar-refractivity contribution in [2.24, 2.45) is 0 Å². The first-order chi connectivity index (χ1) is 21.3. The van der Waals surface area contributed by atoms with Gasteiger partial charge in [0, 0.05) is 0 Å². The molecule has 0 unspecified atom stereocenters. The zero-order valence-electron chi connectivity index (χ0n) is 23.2. The van der Waals surface area contributed by atoms with Gasteiger partial charge in [-0.3, -0.25) is 0 Å². The van der Waals surface area contributed by atoms with Crippen molar-refractivity contribution in [2.45, 2.75) is 0 Å². The Morgan fingerprint density at radius 1 is 0.442 bits per heavy atom. The van der Waals surface area contributed by atoms with Crippen molar-refractivity contribution in [1.29, 1.82) is 0 Å². The fourth-order valence-electron chi connectivity index (χ4n) is 6.42. The molecular formula is C40H24N2Se. The average Bonchev–Trinajstić information content (AvgIpc) is 3.47. The Bertz CT molecular complexity index is 2510. The quantitative estimate of drug-likeness (QED) is 0.147. The van der Waals surface area contributed by atoms with Gasteiger partial charge in [-0.25, -0.2) is 0 Å². The van der Waals surface area contributed by atoms with Gasteiger partial charge < -0.3 is 0 Å². The molecule has 0 aliphatic heterocycles. The molecule has 0 bridgehead atoms. The Balaban J connectivity index is 1.33. The molecule has 0 atom stereocenters. The molecule has 0 N–H and O–H groups in total. The standard InChI is InChI=1S/C40H24N2Se/c1-2-12-27(13-3-1)37-34-23-22-26-11-6-7-15-30(26)38(34)42-40(41-37)33-18-9-19-35-36(33)32-17-8-16-31(39(32)43-35)29-21-20-25-10-4-5-14-28(25)24-29/h1-24H. The first kappa shape index (κ1) is 24.5. The number of fused-ring (bicyclic) bond motifs is 7. The second-order valence-corrected chi connectivity index (χ2v) is 13.2. The zero-order chi connectivity index (χ0) is 28.3. The minimum atomic E-state index is 0.175. The molecule has 0 amide bonds. The summed E-state index contributed by atoms with van der Waals surface area (Å²) < 4.78 is 2.82. The van der Waals surface area contributed by atoms with Gasteiger partial charge in [0.05, 0.1) is 0 Å². The summed E-state index contributed by atoms with van der Waals surface area (Å²) in [5.41, 5.74) is 6.75. The van der Waals surface area contributed by atoms with Crippen LogP contribution in [0.25, 0.3) is 85.5 Å². The normalized spacial score (nSPS) is 11.7. The minimum absolute atomic E-state index is 0.175. The van der Waals surface area contributed by atoms with Gasteiger partial charge in [-0.15, -0.1) is 0 Å². The molecule has 0 saturated heterocycles.